The lowest BCUT2D eigenvalue weighted by atomic mass is 9.88. The van der Waals surface area contributed by atoms with Crippen LogP contribution < -0.4 is 14.2 Å². The first-order valence-corrected chi connectivity index (χ1v) is 11.1. The first kappa shape index (κ1) is 22.4. The molecule has 2 heterocycles. The molecule has 172 valence electrons. The van der Waals surface area contributed by atoms with E-state index < -0.39 is 0 Å². The second kappa shape index (κ2) is 10.2. The zero-order valence-electron chi connectivity index (χ0n) is 19.1. The van der Waals surface area contributed by atoms with Crippen LogP contribution in [0.1, 0.15) is 24.0 Å². The molecule has 0 saturated carbocycles. The molecule has 2 atom stereocenters. The van der Waals surface area contributed by atoms with Gasteiger partial charge < -0.3 is 23.8 Å². The molecule has 0 bridgehead atoms. The molecule has 0 radical (unpaired) electrons. The number of benzene rings is 2. The van der Waals surface area contributed by atoms with Crippen LogP contribution in [0.15, 0.2) is 42.5 Å². The highest BCUT2D eigenvalue weighted by atomic mass is 16.7. The average molecular weight is 441 g/mol. The van der Waals surface area contributed by atoms with E-state index in [2.05, 4.69) is 29.2 Å². The molecule has 1 saturated heterocycles. The zero-order chi connectivity index (χ0) is 22.5. The first-order valence-electron chi connectivity index (χ1n) is 11.1. The zero-order valence-corrected chi connectivity index (χ0v) is 19.1. The summed E-state index contributed by atoms with van der Waals surface area (Å²) >= 11 is 0. The summed E-state index contributed by atoms with van der Waals surface area (Å²) in [6.45, 7) is 6.35. The van der Waals surface area contributed by atoms with E-state index in [4.69, 9.17) is 18.9 Å². The van der Waals surface area contributed by atoms with E-state index in [9.17, 15) is 4.79 Å². The van der Waals surface area contributed by atoms with Crippen molar-refractivity contribution >= 4 is 5.91 Å². The molecule has 2 aliphatic heterocycles. The summed E-state index contributed by atoms with van der Waals surface area (Å²) < 4.78 is 21.9. The minimum atomic E-state index is 0.0787. The molecule has 4 rings (SSSR count). The predicted octanol–water partition coefficient (Wildman–Crippen LogP) is 3.13. The van der Waals surface area contributed by atoms with E-state index >= 15 is 0 Å². The minimum absolute atomic E-state index is 0.0787. The van der Waals surface area contributed by atoms with Gasteiger partial charge in [-0.25, -0.2) is 0 Å². The van der Waals surface area contributed by atoms with Gasteiger partial charge in [-0.3, -0.25) is 9.69 Å². The molecule has 2 unspecified atom stereocenters. The van der Waals surface area contributed by atoms with E-state index in [1.54, 1.807) is 21.1 Å². The number of hydrogen-bond donors (Lipinski definition) is 0. The summed E-state index contributed by atoms with van der Waals surface area (Å²) in [4.78, 5) is 16.6. The summed E-state index contributed by atoms with van der Waals surface area (Å²) in [7, 11) is 3.38. The maximum atomic E-state index is 12.3. The highest BCUT2D eigenvalue weighted by Crippen LogP contribution is 2.39. The van der Waals surface area contributed by atoms with Gasteiger partial charge in [-0.2, -0.15) is 0 Å². The van der Waals surface area contributed by atoms with Crippen LogP contribution in [0.25, 0.3) is 0 Å². The lowest BCUT2D eigenvalue weighted by molar-refractivity contribution is -0.130. The maximum Gasteiger partial charge on any atom is 0.231 e. The van der Waals surface area contributed by atoms with Gasteiger partial charge in [0.2, 0.25) is 12.7 Å². The molecular weight excluding hydrogens is 408 g/mol. The summed E-state index contributed by atoms with van der Waals surface area (Å²) in [5.41, 5.74) is 2.39. The number of carbonyl (C=O) groups excluding carboxylic acids is 1. The van der Waals surface area contributed by atoms with Crippen molar-refractivity contribution in [3.63, 3.8) is 0 Å². The van der Waals surface area contributed by atoms with Crippen molar-refractivity contribution in [1.82, 2.24) is 9.80 Å². The third-order valence-corrected chi connectivity index (χ3v) is 6.36. The fourth-order valence-corrected chi connectivity index (χ4v) is 4.76. The second-order valence-corrected chi connectivity index (χ2v) is 8.45. The van der Waals surface area contributed by atoms with Crippen molar-refractivity contribution in [3.8, 4) is 17.2 Å². The molecule has 0 aliphatic carbocycles. The summed E-state index contributed by atoms with van der Waals surface area (Å²) in [5, 5.41) is 0. The quantitative estimate of drug-likeness (QED) is 0.597. The summed E-state index contributed by atoms with van der Waals surface area (Å²) in [6.07, 6.45) is 0. The Kier molecular flexibility index (Phi) is 7.17. The fourth-order valence-electron chi connectivity index (χ4n) is 4.76. The van der Waals surface area contributed by atoms with Crippen molar-refractivity contribution in [1.29, 1.82) is 0 Å². The Bertz CT molecular complexity index is 934. The molecular formula is C25H32N2O5. The number of ether oxygens (including phenoxy) is 4. The number of likely N-dealkylation sites (tertiary alicyclic amines) is 1. The van der Waals surface area contributed by atoms with Gasteiger partial charge in [-0.15, -0.1) is 0 Å². The van der Waals surface area contributed by atoms with Gasteiger partial charge in [0.15, 0.2) is 11.5 Å². The third kappa shape index (κ3) is 5.00. The van der Waals surface area contributed by atoms with Crippen LogP contribution in [0.3, 0.4) is 0 Å². The van der Waals surface area contributed by atoms with Crippen LogP contribution in [0, 0.1) is 5.92 Å². The first-order chi connectivity index (χ1) is 15.6. The average Bonchev–Trinajstić information content (AvgIpc) is 3.42. The Morgan fingerprint density at radius 1 is 1.12 bits per heavy atom. The Morgan fingerprint density at radius 3 is 2.72 bits per heavy atom. The highest BCUT2D eigenvalue weighted by molar-refractivity contribution is 5.73. The van der Waals surface area contributed by atoms with Crippen molar-refractivity contribution in [2.24, 2.45) is 5.92 Å². The smallest absolute Gasteiger partial charge is 0.231 e. The molecule has 1 fully saturated rings. The third-order valence-electron chi connectivity index (χ3n) is 6.36. The van der Waals surface area contributed by atoms with Gasteiger partial charge in [-0.05, 0) is 35.2 Å². The molecule has 2 aliphatic rings. The molecule has 32 heavy (non-hydrogen) atoms. The van der Waals surface area contributed by atoms with E-state index in [1.807, 2.05) is 23.1 Å². The van der Waals surface area contributed by atoms with E-state index in [-0.39, 0.29) is 18.6 Å². The van der Waals surface area contributed by atoms with Crippen molar-refractivity contribution < 1.29 is 23.7 Å². The largest absolute Gasteiger partial charge is 0.496 e. The van der Waals surface area contributed by atoms with Crippen LogP contribution in [0.5, 0.6) is 17.2 Å². The Labute approximate surface area is 189 Å². The summed E-state index contributed by atoms with van der Waals surface area (Å²) in [5.74, 6) is 3.15. The Morgan fingerprint density at radius 2 is 1.94 bits per heavy atom. The number of nitrogens with zero attached hydrogens (tertiary/aromatic N) is 2. The van der Waals surface area contributed by atoms with Crippen LogP contribution in [0.2, 0.25) is 0 Å². The predicted molar refractivity (Wildman–Crippen MR) is 121 cm³/mol. The Hall–Kier alpha value is -2.77. The molecule has 0 aromatic heterocycles. The molecule has 2 aromatic rings. The normalized spacial score (nSPS) is 19.8. The van der Waals surface area contributed by atoms with Gasteiger partial charge >= 0.3 is 0 Å². The maximum absolute atomic E-state index is 12.3. The summed E-state index contributed by atoms with van der Waals surface area (Å²) in [6, 6.07) is 14.4. The van der Waals surface area contributed by atoms with Gasteiger partial charge in [0.25, 0.3) is 0 Å². The minimum Gasteiger partial charge on any atom is -0.496 e. The van der Waals surface area contributed by atoms with E-state index in [0.717, 1.165) is 36.9 Å². The number of fused-ring (bicyclic) bond motifs is 1. The van der Waals surface area contributed by atoms with Crippen LogP contribution in [-0.2, 0) is 16.1 Å². The van der Waals surface area contributed by atoms with Crippen LogP contribution >= 0.6 is 0 Å². The highest BCUT2D eigenvalue weighted by Gasteiger charge is 2.36. The molecule has 0 spiro atoms. The van der Waals surface area contributed by atoms with Crippen molar-refractivity contribution in [2.45, 2.75) is 19.4 Å². The second-order valence-electron chi connectivity index (χ2n) is 8.45. The SMILES string of the molecule is COCCN(CC1CN(Cc2ccc3c(c2)OCO3)CC1c1ccccc1OC)C(C)=O. The van der Waals surface area contributed by atoms with Crippen molar-refractivity contribution in [3.05, 3.63) is 53.6 Å². The molecule has 0 N–H and O–H groups in total. The Balaban J connectivity index is 1.54. The molecule has 7 heteroatoms. The van der Waals surface area contributed by atoms with Gasteiger partial charge in [0, 0.05) is 52.7 Å². The molecule has 7 nitrogen and oxygen atoms in total. The number of amides is 1. The number of methoxy groups -OCH3 is 2. The van der Waals surface area contributed by atoms with Gasteiger partial charge in [0.1, 0.15) is 5.75 Å². The standard InChI is InChI=1S/C25H32N2O5/c1-18(28)27(10-11-29-2)15-20-14-26(13-19-8-9-24-25(12-19)32-17-31-24)16-22(20)21-6-4-5-7-23(21)30-3/h4-9,12,20,22H,10-11,13-17H2,1-3H3. The van der Waals surface area contributed by atoms with E-state index in [1.165, 1.54) is 11.1 Å². The monoisotopic (exact) mass is 440 g/mol. The topological polar surface area (TPSA) is 60.5 Å². The molecule has 1 amide bonds. The molecule has 2 aromatic carbocycles. The lowest BCUT2D eigenvalue weighted by Gasteiger charge is -2.28. The fraction of sp³-hybridized carbons (Fsp3) is 0.480. The van der Waals surface area contributed by atoms with Crippen molar-refractivity contribution in [2.75, 3.05) is 53.8 Å². The van der Waals surface area contributed by atoms with Crippen LogP contribution in [-0.4, -0.2) is 69.5 Å². The lowest BCUT2D eigenvalue weighted by Crippen LogP contribution is -2.38. The number of carbonyl (C=O) groups is 1. The van der Waals surface area contributed by atoms with Gasteiger partial charge in [-0.1, -0.05) is 24.3 Å². The number of rotatable bonds is 9. The number of para-hydroxylation sites is 1. The van der Waals surface area contributed by atoms with Crippen LogP contribution in [0.4, 0.5) is 0 Å². The number of hydrogen-bond acceptors (Lipinski definition) is 6. The van der Waals surface area contributed by atoms with Gasteiger partial charge in [0.05, 0.1) is 13.7 Å². The van der Waals surface area contributed by atoms with E-state index in [0.29, 0.717) is 25.6 Å².